The van der Waals surface area contributed by atoms with Crippen molar-refractivity contribution in [2.75, 3.05) is 10.6 Å². The summed E-state index contributed by atoms with van der Waals surface area (Å²) in [6, 6.07) is 5.14. The molecule has 0 fully saturated rings. The van der Waals surface area contributed by atoms with Crippen molar-refractivity contribution in [1.29, 1.82) is 0 Å². The minimum atomic E-state index is -0.317. The third-order valence-corrected chi connectivity index (χ3v) is 3.26. The molecule has 0 aliphatic heterocycles. The molecular weight excluding hydrogens is 282 g/mol. The van der Waals surface area contributed by atoms with Crippen molar-refractivity contribution in [2.24, 2.45) is 0 Å². The van der Waals surface area contributed by atoms with Gasteiger partial charge in [0.25, 0.3) is 5.91 Å². The van der Waals surface area contributed by atoms with E-state index < -0.39 is 0 Å². The molecule has 7 nitrogen and oxygen atoms in total. The Morgan fingerprint density at radius 2 is 2.05 bits per heavy atom. The third-order valence-electron chi connectivity index (χ3n) is 3.26. The van der Waals surface area contributed by atoms with Gasteiger partial charge in [0.2, 0.25) is 5.91 Å². The van der Waals surface area contributed by atoms with Crippen molar-refractivity contribution < 1.29 is 9.59 Å². The van der Waals surface area contributed by atoms with Gasteiger partial charge in [-0.1, -0.05) is 6.92 Å². The molecule has 2 aromatic heterocycles. The van der Waals surface area contributed by atoms with E-state index in [4.69, 9.17) is 0 Å². The first-order valence-electron chi connectivity index (χ1n) is 7.10. The molecule has 2 aromatic rings. The van der Waals surface area contributed by atoms with E-state index in [1.807, 2.05) is 13.8 Å². The number of aromatic nitrogens is 3. The van der Waals surface area contributed by atoms with E-state index in [1.54, 1.807) is 35.3 Å². The van der Waals surface area contributed by atoms with Crippen LogP contribution in [0.5, 0.6) is 0 Å². The Morgan fingerprint density at radius 1 is 1.27 bits per heavy atom. The van der Waals surface area contributed by atoms with Gasteiger partial charge >= 0.3 is 0 Å². The van der Waals surface area contributed by atoms with E-state index in [9.17, 15) is 9.59 Å². The van der Waals surface area contributed by atoms with Gasteiger partial charge in [0.05, 0.1) is 5.69 Å². The number of hydrogen-bond acceptors (Lipinski definition) is 4. The summed E-state index contributed by atoms with van der Waals surface area (Å²) in [6.45, 7) is 5.42. The molecule has 116 valence electrons. The maximum atomic E-state index is 12.4. The van der Waals surface area contributed by atoms with Crippen LogP contribution in [0.25, 0.3) is 0 Å². The Morgan fingerprint density at radius 3 is 2.73 bits per heavy atom. The van der Waals surface area contributed by atoms with E-state index in [-0.39, 0.29) is 17.9 Å². The molecule has 2 amide bonds. The van der Waals surface area contributed by atoms with Gasteiger partial charge in [-0.05, 0) is 31.5 Å². The normalized spacial score (nSPS) is 11.8. The van der Waals surface area contributed by atoms with Crippen LogP contribution in [0.15, 0.2) is 30.6 Å². The number of anilines is 2. The van der Waals surface area contributed by atoms with Gasteiger partial charge in [0, 0.05) is 25.4 Å². The van der Waals surface area contributed by atoms with Crippen molar-refractivity contribution in [1.82, 2.24) is 14.8 Å². The number of amides is 2. The molecule has 22 heavy (non-hydrogen) atoms. The van der Waals surface area contributed by atoms with Gasteiger partial charge in [-0.3, -0.25) is 14.3 Å². The van der Waals surface area contributed by atoms with Gasteiger partial charge in [-0.25, -0.2) is 4.98 Å². The molecule has 2 N–H and O–H groups in total. The summed E-state index contributed by atoms with van der Waals surface area (Å²) in [4.78, 5) is 27.7. The van der Waals surface area contributed by atoms with E-state index in [0.717, 1.165) is 6.42 Å². The highest BCUT2D eigenvalue weighted by Crippen LogP contribution is 2.19. The summed E-state index contributed by atoms with van der Waals surface area (Å²) < 4.78 is 1.68. The van der Waals surface area contributed by atoms with Crippen molar-refractivity contribution in [3.05, 3.63) is 36.3 Å². The molecule has 0 bridgehead atoms. The Balaban J connectivity index is 2.23. The summed E-state index contributed by atoms with van der Waals surface area (Å²) in [5, 5.41) is 9.53. The molecule has 1 unspecified atom stereocenters. The lowest BCUT2D eigenvalue weighted by molar-refractivity contribution is -0.114. The number of rotatable bonds is 5. The topological polar surface area (TPSA) is 88.9 Å². The second kappa shape index (κ2) is 6.84. The molecule has 0 saturated heterocycles. The second-order valence-electron chi connectivity index (χ2n) is 4.95. The van der Waals surface area contributed by atoms with Gasteiger partial charge < -0.3 is 10.6 Å². The SMILES string of the molecule is CCC(C)n1nccc1C(=O)Nc1ncccc1NC(C)=O. The molecule has 0 aliphatic rings. The van der Waals surface area contributed by atoms with E-state index in [2.05, 4.69) is 20.7 Å². The number of carbonyl (C=O) groups is 2. The summed E-state index contributed by atoms with van der Waals surface area (Å²) >= 11 is 0. The zero-order valence-corrected chi connectivity index (χ0v) is 12.8. The molecule has 0 spiro atoms. The predicted molar refractivity (Wildman–Crippen MR) is 83.7 cm³/mol. The van der Waals surface area contributed by atoms with Crippen LogP contribution in [0.1, 0.15) is 43.7 Å². The summed E-state index contributed by atoms with van der Waals surface area (Å²) in [6.07, 6.45) is 4.00. The standard InChI is InChI=1S/C15H19N5O2/c1-4-10(2)20-13(7-9-17-20)15(22)19-14-12(18-11(3)21)6-5-8-16-14/h5-10H,4H2,1-3H3,(H,18,21)(H,16,19,22). The van der Waals surface area contributed by atoms with Crippen molar-refractivity contribution in [2.45, 2.75) is 33.2 Å². The largest absolute Gasteiger partial charge is 0.323 e. The highest BCUT2D eigenvalue weighted by Gasteiger charge is 2.17. The lowest BCUT2D eigenvalue weighted by Crippen LogP contribution is -2.21. The third kappa shape index (κ3) is 3.49. The van der Waals surface area contributed by atoms with E-state index in [0.29, 0.717) is 17.2 Å². The molecular formula is C15H19N5O2. The molecule has 0 aromatic carbocycles. The molecule has 1 atom stereocenters. The maximum Gasteiger partial charge on any atom is 0.275 e. The monoisotopic (exact) mass is 301 g/mol. The molecule has 0 radical (unpaired) electrons. The highest BCUT2D eigenvalue weighted by atomic mass is 16.2. The lowest BCUT2D eigenvalue weighted by atomic mass is 10.2. The van der Waals surface area contributed by atoms with Crippen molar-refractivity contribution in [3.8, 4) is 0 Å². The van der Waals surface area contributed by atoms with E-state index >= 15 is 0 Å². The second-order valence-corrected chi connectivity index (χ2v) is 4.95. The smallest absolute Gasteiger partial charge is 0.275 e. The van der Waals surface area contributed by atoms with Crippen LogP contribution in [-0.2, 0) is 4.79 Å². The van der Waals surface area contributed by atoms with Crippen LogP contribution < -0.4 is 10.6 Å². The average Bonchev–Trinajstić information content (AvgIpc) is 2.97. The van der Waals surface area contributed by atoms with Gasteiger partial charge in [0.15, 0.2) is 5.82 Å². The number of pyridine rings is 1. The minimum absolute atomic E-state index is 0.120. The zero-order valence-electron chi connectivity index (χ0n) is 12.8. The number of nitrogens with one attached hydrogen (secondary N) is 2. The van der Waals surface area contributed by atoms with Crippen LogP contribution in [0, 0.1) is 0 Å². The number of hydrogen-bond donors (Lipinski definition) is 2. The Bertz CT molecular complexity index is 680. The fourth-order valence-corrected chi connectivity index (χ4v) is 1.99. The Hall–Kier alpha value is -2.70. The van der Waals surface area contributed by atoms with Crippen LogP contribution >= 0.6 is 0 Å². The fourth-order valence-electron chi connectivity index (χ4n) is 1.99. The average molecular weight is 301 g/mol. The van der Waals surface area contributed by atoms with Gasteiger partial charge in [-0.15, -0.1) is 0 Å². The van der Waals surface area contributed by atoms with Crippen molar-refractivity contribution >= 4 is 23.3 Å². The van der Waals surface area contributed by atoms with Crippen LogP contribution in [-0.4, -0.2) is 26.6 Å². The molecule has 0 saturated carbocycles. The molecule has 2 rings (SSSR count). The Labute approximate surface area is 128 Å². The maximum absolute atomic E-state index is 12.4. The number of nitrogens with zero attached hydrogens (tertiary/aromatic N) is 3. The molecule has 0 aliphatic carbocycles. The quantitative estimate of drug-likeness (QED) is 0.887. The van der Waals surface area contributed by atoms with E-state index in [1.165, 1.54) is 6.92 Å². The molecule has 2 heterocycles. The lowest BCUT2D eigenvalue weighted by Gasteiger charge is -2.14. The van der Waals surface area contributed by atoms with Crippen LogP contribution in [0.3, 0.4) is 0 Å². The van der Waals surface area contributed by atoms with Crippen LogP contribution in [0.2, 0.25) is 0 Å². The minimum Gasteiger partial charge on any atom is -0.323 e. The highest BCUT2D eigenvalue weighted by molar-refractivity contribution is 6.05. The Kier molecular flexibility index (Phi) is 4.88. The van der Waals surface area contributed by atoms with Gasteiger partial charge in [0.1, 0.15) is 5.69 Å². The summed E-state index contributed by atoms with van der Waals surface area (Å²) in [5.41, 5.74) is 0.909. The number of carbonyl (C=O) groups excluding carboxylic acids is 2. The summed E-state index contributed by atoms with van der Waals surface area (Å²) in [5.74, 6) is -0.240. The van der Waals surface area contributed by atoms with Gasteiger partial charge in [-0.2, -0.15) is 5.10 Å². The predicted octanol–water partition coefficient (Wildman–Crippen LogP) is 2.46. The first-order chi connectivity index (χ1) is 10.5. The zero-order chi connectivity index (χ0) is 16.1. The first kappa shape index (κ1) is 15.7. The van der Waals surface area contributed by atoms with Crippen molar-refractivity contribution in [3.63, 3.8) is 0 Å². The van der Waals surface area contributed by atoms with Crippen LogP contribution in [0.4, 0.5) is 11.5 Å². The summed E-state index contributed by atoms with van der Waals surface area (Å²) in [7, 11) is 0. The first-order valence-corrected chi connectivity index (χ1v) is 7.10. The molecule has 7 heteroatoms. The fraction of sp³-hybridized carbons (Fsp3) is 0.333.